The van der Waals surface area contributed by atoms with Crippen molar-refractivity contribution < 1.29 is 14.4 Å². The minimum absolute atomic E-state index is 0.256. The average Bonchev–Trinajstić information content (AvgIpc) is 3.07. The van der Waals surface area contributed by atoms with E-state index in [0.717, 1.165) is 24.0 Å². The minimum atomic E-state index is -0.937. The number of aromatic carboxylic acids is 1. The van der Waals surface area contributed by atoms with E-state index in [1.807, 2.05) is 7.05 Å². The van der Waals surface area contributed by atoms with Gasteiger partial charge in [-0.3, -0.25) is 0 Å². The Kier molecular flexibility index (Phi) is 2.07. The molecule has 0 atom stereocenters. The lowest BCUT2D eigenvalue weighted by molar-refractivity contribution is 0.0697. The molecule has 0 radical (unpaired) electrons. The lowest BCUT2D eigenvalue weighted by Gasteiger charge is -2.14. The molecule has 0 bridgehead atoms. The molecule has 1 N–H and O–H groups in total. The van der Waals surface area contributed by atoms with Gasteiger partial charge in [-0.1, -0.05) is 5.16 Å². The molecule has 1 aromatic carbocycles. The highest BCUT2D eigenvalue weighted by atomic mass is 16.5. The van der Waals surface area contributed by atoms with Gasteiger partial charge in [0.25, 0.3) is 0 Å². The zero-order valence-corrected chi connectivity index (χ0v) is 9.38. The van der Waals surface area contributed by atoms with Crippen molar-refractivity contribution in [2.24, 2.45) is 0 Å². The van der Waals surface area contributed by atoms with Crippen LogP contribution in [-0.2, 0) is 0 Å². The van der Waals surface area contributed by atoms with Crippen molar-refractivity contribution in [2.75, 3.05) is 11.9 Å². The third-order valence-electron chi connectivity index (χ3n) is 3.13. The lowest BCUT2D eigenvalue weighted by atomic mass is 10.1. The molecular formula is C12H12N2O3. The highest BCUT2D eigenvalue weighted by molar-refractivity contribution is 5.96. The fourth-order valence-corrected chi connectivity index (χ4v) is 1.95. The van der Waals surface area contributed by atoms with Gasteiger partial charge in [-0.15, -0.1) is 0 Å². The second kappa shape index (κ2) is 3.48. The summed E-state index contributed by atoms with van der Waals surface area (Å²) in [7, 11) is 1.96. The molecule has 0 amide bonds. The van der Waals surface area contributed by atoms with Crippen LogP contribution in [0.15, 0.2) is 22.7 Å². The number of rotatable bonds is 3. The molecule has 2 aromatic rings. The second-order valence-electron chi connectivity index (χ2n) is 4.36. The van der Waals surface area contributed by atoms with Crippen molar-refractivity contribution in [1.82, 2.24) is 5.16 Å². The molecule has 1 aromatic heterocycles. The third-order valence-corrected chi connectivity index (χ3v) is 3.13. The molecule has 0 saturated heterocycles. The van der Waals surface area contributed by atoms with Crippen LogP contribution >= 0.6 is 0 Å². The van der Waals surface area contributed by atoms with E-state index in [4.69, 9.17) is 9.63 Å². The molecule has 1 saturated carbocycles. The van der Waals surface area contributed by atoms with E-state index in [1.165, 1.54) is 6.07 Å². The van der Waals surface area contributed by atoms with Gasteiger partial charge in [0.05, 0.1) is 10.9 Å². The summed E-state index contributed by atoms with van der Waals surface area (Å²) in [4.78, 5) is 13.0. The maximum atomic E-state index is 10.9. The van der Waals surface area contributed by atoms with Gasteiger partial charge in [0.15, 0.2) is 11.4 Å². The maximum absolute atomic E-state index is 10.9. The number of carboxylic acids is 1. The maximum Gasteiger partial charge on any atom is 0.335 e. The number of aromatic nitrogens is 1. The molecule has 3 rings (SSSR count). The Morgan fingerprint density at radius 1 is 1.53 bits per heavy atom. The Hall–Kier alpha value is -2.04. The summed E-state index contributed by atoms with van der Waals surface area (Å²) < 4.78 is 5.20. The van der Waals surface area contributed by atoms with Crippen LogP contribution in [0.4, 0.5) is 5.82 Å². The number of hydrogen-bond acceptors (Lipinski definition) is 4. The van der Waals surface area contributed by atoms with Crippen LogP contribution in [0.1, 0.15) is 23.2 Å². The first-order chi connectivity index (χ1) is 8.16. The molecule has 5 heteroatoms. The summed E-state index contributed by atoms with van der Waals surface area (Å²) in [5.74, 6) is -0.210. The van der Waals surface area contributed by atoms with Crippen molar-refractivity contribution in [3.63, 3.8) is 0 Å². The summed E-state index contributed by atoms with van der Waals surface area (Å²) in [6.45, 7) is 0. The zero-order chi connectivity index (χ0) is 12.0. The van der Waals surface area contributed by atoms with Gasteiger partial charge in [-0.25, -0.2) is 4.79 Å². The number of benzene rings is 1. The number of nitrogens with zero attached hydrogens (tertiary/aromatic N) is 2. The first kappa shape index (κ1) is 10.1. The molecule has 0 unspecified atom stereocenters. The summed E-state index contributed by atoms with van der Waals surface area (Å²) in [5.41, 5.74) is 0.878. The van der Waals surface area contributed by atoms with Crippen LogP contribution in [0.5, 0.6) is 0 Å². The third kappa shape index (κ3) is 1.63. The summed E-state index contributed by atoms with van der Waals surface area (Å²) in [5, 5.41) is 13.7. The molecule has 1 fully saturated rings. The molecule has 17 heavy (non-hydrogen) atoms. The molecule has 1 aliphatic carbocycles. The van der Waals surface area contributed by atoms with Crippen LogP contribution in [0.25, 0.3) is 11.0 Å². The number of carboxylic acid groups (broad SMARTS) is 1. The van der Waals surface area contributed by atoms with Gasteiger partial charge in [-0.05, 0) is 31.0 Å². The van der Waals surface area contributed by atoms with Crippen molar-refractivity contribution in [3.8, 4) is 0 Å². The van der Waals surface area contributed by atoms with E-state index in [9.17, 15) is 4.79 Å². The standard InChI is InChI=1S/C12H12N2O3/c1-14(8-3-4-8)11-9-6-7(12(15)16)2-5-10(9)17-13-11/h2,5-6,8H,3-4H2,1H3,(H,15,16). The van der Waals surface area contributed by atoms with Crippen LogP contribution in [0.3, 0.4) is 0 Å². The topological polar surface area (TPSA) is 66.6 Å². The van der Waals surface area contributed by atoms with Crippen molar-refractivity contribution >= 4 is 22.8 Å². The van der Waals surface area contributed by atoms with E-state index < -0.39 is 5.97 Å². The number of fused-ring (bicyclic) bond motifs is 1. The quantitative estimate of drug-likeness (QED) is 0.878. The molecule has 1 aliphatic rings. The number of carbonyl (C=O) groups is 1. The van der Waals surface area contributed by atoms with Crippen molar-refractivity contribution in [2.45, 2.75) is 18.9 Å². The zero-order valence-electron chi connectivity index (χ0n) is 9.38. The van der Waals surface area contributed by atoms with E-state index in [1.54, 1.807) is 12.1 Å². The highest BCUT2D eigenvalue weighted by Gasteiger charge is 2.29. The fourth-order valence-electron chi connectivity index (χ4n) is 1.95. The Bertz CT molecular complexity index is 586. The largest absolute Gasteiger partial charge is 0.478 e. The monoisotopic (exact) mass is 232 g/mol. The average molecular weight is 232 g/mol. The number of hydrogen-bond donors (Lipinski definition) is 1. The predicted molar refractivity (Wildman–Crippen MR) is 62.4 cm³/mol. The summed E-state index contributed by atoms with van der Waals surface area (Å²) in [6, 6.07) is 5.30. The molecule has 1 heterocycles. The Morgan fingerprint density at radius 3 is 2.94 bits per heavy atom. The van der Waals surface area contributed by atoms with E-state index in [-0.39, 0.29) is 5.56 Å². The van der Waals surface area contributed by atoms with Crippen LogP contribution in [0.2, 0.25) is 0 Å². The van der Waals surface area contributed by atoms with Gasteiger partial charge in [0, 0.05) is 13.1 Å². The SMILES string of the molecule is CN(c1noc2ccc(C(=O)O)cc12)C1CC1. The van der Waals surface area contributed by atoms with E-state index >= 15 is 0 Å². The predicted octanol–water partition coefficient (Wildman–Crippen LogP) is 2.12. The summed E-state index contributed by atoms with van der Waals surface area (Å²) in [6.07, 6.45) is 2.31. The first-order valence-corrected chi connectivity index (χ1v) is 5.52. The van der Waals surface area contributed by atoms with Gasteiger partial charge in [-0.2, -0.15) is 0 Å². The molecule has 0 aliphatic heterocycles. The van der Waals surface area contributed by atoms with Crippen LogP contribution < -0.4 is 4.90 Å². The van der Waals surface area contributed by atoms with Crippen molar-refractivity contribution in [3.05, 3.63) is 23.8 Å². The van der Waals surface area contributed by atoms with Crippen LogP contribution in [0, 0.1) is 0 Å². The molecule has 0 spiro atoms. The van der Waals surface area contributed by atoms with Crippen LogP contribution in [-0.4, -0.2) is 29.3 Å². The van der Waals surface area contributed by atoms with Gasteiger partial charge < -0.3 is 14.5 Å². The fraction of sp³-hybridized carbons (Fsp3) is 0.333. The Balaban J connectivity index is 2.11. The summed E-state index contributed by atoms with van der Waals surface area (Å²) >= 11 is 0. The lowest BCUT2D eigenvalue weighted by Crippen LogP contribution is -2.19. The molecule has 5 nitrogen and oxygen atoms in total. The second-order valence-corrected chi connectivity index (χ2v) is 4.36. The van der Waals surface area contributed by atoms with Gasteiger partial charge >= 0.3 is 5.97 Å². The molecular weight excluding hydrogens is 220 g/mol. The minimum Gasteiger partial charge on any atom is -0.478 e. The van der Waals surface area contributed by atoms with E-state index in [2.05, 4.69) is 10.1 Å². The van der Waals surface area contributed by atoms with Gasteiger partial charge in [0.2, 0.25) is 0 Å². The smallest absolute Gasteiger partial charge is 0.335 e. The van der Waals surface area contributed by atoms with Gasteiger partial charge in [0.1, 0.15) is 0 Å². The Labute approximate surface area is 97.6 Å². The Morgan fingerprint density at radius 2 is 2.29 bits per heavy atom. The van der Waals surface area contributed by atoms with E-state index in [0.29, 0.717) is 11.6 Å². The van der Waals surface area contributed by atoms with Crippen molar-refractivity contribution in [1.29, 1.82) is 0 Å². The normalized spacial score (nSPS) is 15.1. The number of anilines is 1. The molecule has 88 valence electrons. The highest BCUT2D eigenvalue weighted by Crippen LogP contribution is 2.34. The first-order valence-electron chi connectivity index (χ1n) is 5.52.